The smallest absolute Gasteiger partial charge is 0.0413 e. The third-order valence-corrected chi connectivity index (χ3v) is 0.917. The lowest BCUT2D eigenvalue weighted by Gasteiger charge is -2.02. The summed E-state index contributed by atoms with van der Waals surface area (Å²) < 4.78 is 0. The van der Waals surface area contributed by atoms with E-state index in [1.807, 2.05) is 19.1 Å². The minimum atomic E-state index is 0.348. The van der Waals surface area contributed by atoms with Crippen LogP contribution in [-0.4, -0.2) is 6.04 Å². The first-order chi connectivity index (χ1) is 4.31. The molecule has 0 rings (SSSR count). The van der Waals surface area contributed by atoms with Crippen molar-refractivity contribution >= 4 is 0 Å². The highest BCUT2D eigenvalue weighted by Crippen LogP contribution is 1.83. The molecule has 1 heteroatoms. The van der Waals surface area contributed by atoms with E-state index in [-0.39, 0.29) is 0 Å². The Morgan fingerprint density at radius 2 is 2.11 bits per heavy atom. The molecular weight excluding hydrogens is 110 g/mol. The van der Waals surface area contributed by atoms with E-state index < -0.39 is 0 Å². The van der Waals surface area contributed by atoms with Crippen LogP contribution < -0.4 is 5.32 Å². The maximum atomic E-state index is 3.55. The number of nitrogens with one attached hydrogen (secondary N) is 1. The van der Waals surface area contributed by atoms with E-state index in [0.717, 1.165) is 0 Å². The predicted octanol–water partition coefficient (Wildman–Crippen LogP) is 1.85. The molecule has 0 aliphatic heterocycles. The van der Waals surface area contributed by atoms with Gasteiger partial charge in [-0.3, -0.25) is 0 Å². The molecule has 1 atom stereocenters. The predicted molar refractivity (Wildman–Crippen MR) is 42.1 cm³/mol. The maximum absolute atomic E-state index is 3.55. The van der Waals surface area contributed by atoms with Gasteiger partial charge in [0.05, 0.1) is 0 Å². The summed E-state index contributed by atoms with van der Waals surface area (Å²) in [6.07, 6.45) is 7.34. The zero-order chi connectivity index (χ0) is 7.11. The van der Waals surface area contributed by atoms with Crippen LogP contribution in [-0.2, 0) is 0 Å². The first-order valence-electron chi connectivity index (χ1n) is 2.97. The first kappa shape index (κ1) is 8.02. The van der Waals surface area contributed by atoms with E-state index in [4.69, 9.17) is 0 Å². The van der Waals surface area contributed by atoms with Crippen LogP contribution in [0.25, 0.3) is 0 Å². The van der Waals surface area contributed by atoms with Crippen molar-refractivity contribution < 1.29 is 0 Å². The summed E-state index contributed by atoms with van der Waals surface area (Å²) in [6, 6.07) is 0.348. The Morgan fingerprint density at radius 1 is 1.44 bits per heavy atom. The second-order valence-corrected chi connectivity index (χ2v) is 1.78. The molecule has 1 N–H and O–H groups in total. The highest BCUT2D eigenvalue weighted by atomic mass is 14.9. The zero-order valence-corrected chi connectivity index (χ0v) is 5.80. The van der Waals surface area contributed by atoms with Crippen LogP contribution in [0.2, 0.25) is 0 Å². The normalized spacial score (nSPS) is 13.0. The van der Waals surface area contributed by atoms with E-state index >= 15 is 0 Å². The van der Waals surface area contributed by atoms with Gasteiger partial charge in [-0.25, -0.2) is 0 Å². The van der Waals surface area contributed by atoms with E-state index in [0.29, 0.717) is 6.04 Å². The van der Waals surface area contributed by atoms with Gasteiger partial charge in [-0.15, -0.1) is 0 Å². The van der Waals surface area contributed by atoms with Gasteiger partial charge in [0.1, 0.15) is 0 Å². The van der Waals surface area contributed by atoms with Gasteiger partial charge >= 0.3 is 0 Å². The van der Waals surface area contributed by atoms with Crippen molar-refractivity contribution in [1.29, 1.82) is 0 Å². The van der Waals surface area contributed by atoms with Crippen molar-refractivity contribution in [3.05, 3.63) is 37.6 Å². The first-order valence-corrected chi connectivity index (χ1v) is 2.97. The van der Waals surface area contributed by atoms with E-state index in [9.17, 15) is 0 Å². The van der Waals surface area contributed by atoms with Gasteiger partial charge in [0, 0.05) is 6.04 Å². The molecule has 50 valence electrons. The summed E-state index contributed by atoms with van der Waals surface area (Å²) in [5, 5.41) is 3.01. The van der Waals surface area contributed by atoms with Crippen LogP contribution >= 0.6 is 0 Å². The molecule has 0 radical (unpaired) electrons. The summed E-state index contributed by atoms with van der Waals surface area (Å²) in [6.45, 7) is 9.13. The maximum Gasteiger partial charge on any atom is 0.0413 e. The highest BCUT2D eigenvalue weighted by molar-refractivity contribution is 5.02. The van der Waals surface area contributed by atoms with Gasteiger partial charge in [0.2, 0.25) is 0 Å². The van der Waals surface area contributed by atoms with Crippen molar-refractivity contribution in [2.45, 2.75) is 13.0 Å². The van der Waals surface area contributed by atoms with Crippen LogP contribution in [0, 0.1) is 0 Å². The lowest BCUT2D eigenvalue weighted by molar-refractivity contribution is 0.771. The van der Waals surface area contributed by atoms with Crippen molar-refractivity contribution in [3.63, 3.8) is 0 Å². The van der Waals surface area contributed by atoms with Crippen LogP contribution in [0.1, 0.15) is 6.92 Å². The van der Waals surface area contributed by atoms with Gasteiger partial charge in [-0.2, -0.15) is 0 Å². The van der Waals surface area contributed by atoms with E-state index in [1.165, 1.54) is 0 Å². The SMILES string of the molecule is C=C/C=C\C(C)NC=C. The zero-order valence-electron chi connectivity index (χ0n) is 5.80. The molecule has 1 nitrogen and oxygen atoms in total. The van der Waals surface area contributed by atoms with Gasteiger partial charge in [0.25, 0.3) is 0 Å². The second-order valence-electron chi connectivity index (χ2n) is 1.78. The fourth-order valence-corrected chi connectivity index (χ4v) is 0.487. The average Bonchev–Trinajstić information content (AvgIpc) is 1.85. The van der Waals surface area contributed by atoms with Crippen LogP contribution in [0.15, 0.2) is 37.6 Å². The summed E-state index contributed by atoms with van der Waals surface area (Å²) in [5.74, 6) is 0. The van der Waals surface area contributed by atoms with Crippen molar-refractivity contribution in [2.75, 3.05) is 0 Å². The molecule has 0 aliphatic carbocycles. The number of hydrogen-bond donors (Lipinski definition) is 1. The Kier molecular flexibility index (Phi) is 4.60. The van der Waals surface area contributed by atoms with Gasteiger partial charge in [-0.1, -0.05) is 31.4 Å². The summed E-state index contributed by atoms with van der Waals surface area (Å²) in [5.41, 5.74) is 0. The Bertz CT molecular complexity index is 114. The molecule has 0 spiro atoms. The molecule has 0 amide bonds. The summed E-state index contributed by atoms with van der Waals surface area (Å²) in [4.78, 5) is 0. The average molecular weight is 123 g/mol. The third kappa shape index (κ3) is 4.88. The molecule has 0 aromatic heterocycles. The Hall–Kier alpha value is -0.980. The molecule has 9 heavy (non-hydrogen) atoms. The standard InChI is InChI=1S/C8H13N/c1-4-6-7-8(3)9-5-2/h4-9H,1-2H2,3H3/b7-6-. The topological polar surface area (TPSA) is 12.0 Å². The highest BCUT2D eigenvalue weighted by Gasteiger charge is 1.85. The molecule has 0 aliphatic rings. The fourth-order valence-electron chi connectivity index (χ4n) is 0.487. The number of allylic oxidation sites excluding steroid dienone is 2. The van der Waals surface area contributed by atoms with E-state index in [2.05, 4.69) is 18.5 Å². The summed E-state index contributed by atoms with van der Waals surface area (Å²) >= 11 is 0. The van der Waals surface area contributed by atoms with Crippen molar-refractivity contribution in [2.24, 2.45) is 0 Å². The summed E-state index contributed by atoms with van der Waals surface area (Å²) in [7, 11) is 0. The van der Waals surface area contributed by atoms with Gasteiger partial charge in [0.15, 0.2) is 0 Å². The molecular formula is C8H13N. The van der Waals surface area contributed by atoms with Crippen LogP contribution in [0.5, 0.6) is 0 Å². The van der Waals surface area contributed by atoms with Crippen LogP contribution in [0.4, 0.5) is 0 Å². The fraction of sp³-hybridized carbons (Fsp3) is 0.250. The third-order valence-electron chi connectivity index (χ3n) is 0.917. The van der Waals surface area contributed by atoms with Crippen LogP contribution in [0.3, 0.4) is 0 Å². The molecule has 0 heterocycles. The molecule has 0 bridgehead atoms. The molecule has 0 aromatic carbocycles. The Balaban J connectivity index is 3.47. The molecule has 0 fully saturated rings. The number of hydrogen-bond acceptors (Lipinski definition) is 1. The largest absolute Gasteiger partial charge is 0.385 e. The van der Waals surface area contributed by atoms with Crippen molar-refractivity contribution in [3.8, 4) is 0 Å². The monoisotopic (exact) mass is 123 g/mol. The van der Waals surface area contributed by atoms with Gasteiger partial charge < -0.3 is 5.32 Å². The Labute approximate surface area is 56.8 Å². The molecule has 0 saturated carbocycles. The van der Waals surface area contributed by atoms with Crippen molar-refractivity contribution in [1.82, 2.24) is 5.32 Å². The van der Waals surface area contributed by atoms with E-state index in [1.54, 1.807) is 12.3 Å². The molecule has 0 aromatic rings. The minimum absolute atomic E-state index is 0.348. The lowest BCUT2D eigenvalue weighted by Crippen LogP contribution is -2.16. The number of rotatable bonds is 4. The molecule has 0 saturated heterocycles. The second kappa shape index (κ2) is 5.16. The lowest BCUT2D eigenvalue weighted by atomic mass is 10.3. The minimum Gasteiger partial charge on any atom is -0.385 e. The Morgan fingerprint density at radius 3 is 2.56 bits per heavy atom. The quantitative estimate of drug-likeness (QED) is 0.562. The molecule has 1 unspecified atom stereocenters. The van der Waals surface area contributed by atoms with Gasteiger partial charge in [-0.05, 0) is 13.1 Å².